The zero-order valence-corrected chi connectivity index (χ0v) is 16.2. The summed E-state index contributed by atoms with van der Waals surface area (Å²) in [6, 6.07) is 3.28. The molecule has 8 nitrogen and oxygen atoms in total. The van der Waals surface area contributed by atoms with Crippen LogP contribution >= 0.6 is 11.6 Å². The molecule has 9 heteroatoms. The highest BCUT2D eigenvalue weighted by Crippen LogP contribution is 2.21. The van der Waals surface area contributed by atoms with Gasteiger partial charge >= 0.3 is 0 Å². The number of rotatable bonds is 6. The van der Waals surface area contributed by atoms with Crippen LogP contribution in [0.5, 0.6) is 0 Å². The fourth-order valence-corrected chi connectivity index (χ4v) is 3.56. The van der Waals surface area contributed by atoms with Gasteiger partial charge in [0.05, 0.1) is 17.8 Å². The number of nitrogens with one attached hydrogen (secondary N) is 3. The van der Waals surface area contributed by atoms with Gasteiger partial charge in [-0.2, -0.15) is 0 Å². The zero-order chi connectivity index (χ0) is 19.4. The highest BCUT2D eigenvalue weighted by molar-refractivity contribution is 6.30. The van der Waals surface area contributed by atoms with Gasteiger partial charge in [0.1, 0.15) is 0 Å². The number of nitrogens with zero attached hydrogens (tertiary/aromatic N) is 2. The Labute approximate surface area is 162 Å². The lowest BCUT2D eigenvalue weighted by Crippen LogP contribution is -2.55. The van der Waals surface area contributed by atoms with Crippen LogP contribution in [-0.4, -0.2) is 52.7 Å². The minimum atomic E-state index is -0.295. The number of anilines is 1. The van der Waals surface area contributed by atoms with Crippen molar-refractivity contribution in [3.8, 4) is 0 Å². The molecule has 3 rings (SSSR count). The lowest BCUT2D eigenvalue weighted by molar-refractivity contribution is 0.0271. The van der Waals surface area contributed by atoms with Gasteiger partial charge < -0.3 is 24.9 Å². The molecule has 0 unspecified atom stereocenters. The minimum absolute atomic E-state index is 0.141. The standard InChI is InChI=1S/C18H24ClN5O3/c1-3-12-16(19)23-17(21-12)18(26)22-13-6-8-24(10-14(13)27-4-2)11-5-7-20-15(25)9-11/h5,7,9,13-14H,3-4,6,8,10H2,1-2H3,(H,20,25)(H,21,23)(H,22,26)/t13-,14+/m1/s1. The van der Waals surface area contributed by atoms with E-state index in [1.54, 1.807) is 12.3 Å². The van der Waals surface area contributed by atoms with Gasteiger partial charge in [-0.3, -0.25) is 9.59 Å². The second kappa shape index (κ2) is 8.58. The first-order chi connectivity index (χ1) is 13.0. The molecule has 0 spiro atoms. The SMILES string of the molecule is CCO[C@H]1CN(c2cc[nH]c(=O)c2)CC[C@H]1NC(=O)c1nc(Cl)c(CC)[nH]1. The molecular formula is C18H24ClN5O3. The maximum atomic E-state index is 12.6. The van der Waals surface area contributed by atoms with E-state index in [1.165, 1.54) is 0 Å². The highest BCUT2D eigenvalue weighted by Gasteiger charge is 2.32. The van der Waals surface area contributed by atoms with Crippen LogP contribution in [0.3, 0.4) is 0 Å². The van der Waals surface area contributed by atoms with E-state index in [0.717, 1.165) is 11.4 Å². The van der Waals surface area contributed by atoms with E-state index >= 15 is 0 Å². The molecular weight excluding hydrogens is 370 g/mol. The molecule has 0 radical (unpaired) electrons. The second-order valence-corrected chi connectivity index (χ2v) is 6.79. The number of imidazole rings is 1. The first-order valence-electron chi connectivity index (χ1n) is 9.12. The van der Waals surface area contributed by atoms with E-state index in [-0.39, 0.29) is 29.4 Å². The number of pyridine rings is 1. The Bertz CT molecular complexity index is 850. The summed E-state index contributed by atoms with van der Waals surface area (Å²) in [5.74, 6) is -0.0833. The average molecular weight is 394 g/mol. The summed E-state index contributed by atoms with van der Waals surface area (Å²) in [6.07, 6.45) is 2.81. The molecule has 0 bridgehead atoms. The number of hydrogen-bond acceptors (Lipinski definition) is 5. The Morgan fingerprint density at radius 2 is 2.30 bits per heavy atom. The first-order valence-corrected chi connectivity index (χ1v) is 9.50. The normalized spacial score (nSPS) is 19.9. The number of aromatic nitrogens is 3. The number of piperidine rings is 1. The van der Waals surface area contributed by atoms with Crippen LogP contribution in [0.2, 0.25) is 5.15 Å². The monoisotopic (exact) mass is 393 g/mol. The van der Waals surface area contributed by atoms with Crippen molar-refractivity contribution in [1.29, 1.82) is 0 Å². The molecule has 1 amide bonds. The Morgan fingerprint density at radius 3 is 2.96 bits per heavy atom. The summed E-state index contributed by atoms with van der Waals surface area (Å²) in [7, 11) is 0. The molecule has 2 aromatic heterocycles. The minimum Gasteiger partial charge on any atom is -0.375 e. The average Bonchev–Trinajstić information content (AvgIpc) is 3.04. The zero-order valence-electron chi connectivity index (χ0n) is 15.4. The van der Waals surface area contributed by atoms with Crippen molar-refractivity contribution < 1.29 is 9.53 Å². The third-order valence-corrected chi connectivity index (χ3v) is 4.99. The second-order valence-electron chi connectivity index (χ2n) is 6.43. The molecule has 0 saturated carbocycles. The van der Waals surface area contributed by atoms with Crippen LogP contribution in [-0.2, 0) is 11.2 Å². The van der Waals surface area contributed by atoms with Crippen molar-refractivity contribution in [3.63, 3.8) is 0 Å². The van der Waals surface area contributed by atoms with Crippen molar-refractivity contribution in [3.05, 3.63) is 45.4 Å². The molecule has 27 heavy (non-hydrogen) atoms. The smallest absolute Gasteiger partial charge is 0.287 e. The number of ether oxygens (including phenoxy) is 1. The van der Waals surface area contributed by atoms with E-state index in [2.05, 4.69) is 25.2 Å². The van der Waals surface area contributed by atoms with Gasteiger partial charge in [-0.15, -0.1) is 0 Å². The number of carbonyl (C=O) groups excluding carboxylic acids is 1. The maximum Gasteiger partial charge on any atom is 0.287 e. The summed E-state index contributed by atoms with van der Waals surface area (Å²) in [5, 5.41) is 3.33. The molecule has 3 N–H and O–H groups in total. The summed E-state index contributed by atoms with van der Waals surface area (Å²) in [6.45, 7) is 5.69. The summed E-state index contributed by atoms with van der Waals surface area (Å²) >= 11 is 6.03. The lowest BCUT2D eigenvalue weighted by Gasteiger charge is -2.39. The molecule has 0 aromatic carbocycles. The predicted octanol–water partition coefficient (Wildman–Crippen LogP) is 1.73. The molecule has 1 fully saturated rings. The van der Waals surface area contributed by atoms with Crippen molar-refractivity contribution >= 4 is 23.2 Å². The van der Waals surface area contributed by atoms with Crippen molar-refractivity contribution in [1.82, 2.24) is 20.3 Å². The number of H-pyrrole nitrogens is 2. The number of aryl methyl sites for hydroxylation is 1. The van der Waals surface area contributed by atoms with Gasteiger partial charge in [0.15, 0.2) is 11.0 Å². The molecule has 0 aliphatic carbocycles. The largest absolute Gasteiger partial charge is 0.375 e. The number of amides is 1. The fraction of sp³-hybridized carbons (Fsp3) is 0.500. The number of hydrogen-bond donors (Lipinski definition) is 3. The van der Waals surface area contributed by atoms with Crippen LogP contribution in [0.15, 0.2) is 23.1 Å². The van der Waals surface area contributed by atoms with Crippen LogP contribution in [0.1, 0.15) is 36.6 Å². The third-order valence-electron chi connectivity index (χ3n) is 4.68. The first kappa shape index (κ1) is 19.4. The Balaban J connectivity index is 1.70. The summed E-state index contributed by atoms with van der Waals surface area (Å²) in [5.41, 5.74) is 1.45. The van der Waals surface area contributed by atoms with Crippen LogP contribution in [0.25, 0.3) is 0 Å². The summed E-state index contributed by atoms with van der Waals surface area (Å²) < 4.78 is 5.87. The Hall–Kier alpha value is -2.32. The van der Waals surface area contributed by atoms with E-state index in [0.29, 0.717) is 37.7 Å². The van der Waals surface area contributed by atoms with E-state index in [1.807, 2.05) is 19.9 Å². The van der Waals surface area contributed by atoms with Gasteiger partial charge in [0.2, 0.25) is 5.56 Å². The van der Waals surface area contributed by atoms with E-state index in [4.69, 9.17) is 16.3 Å². The predicted molar refractivity (Wildman–Crippen MR) is 104 cm³/mol. The van der Waals surface area contributed by atoms with Crippen molar-refractivity contribution in [2.24, 2.45) is 0 Å². The topological polar surface area (TPSA) is 103 Å². The lowest BCUT2D eigenvalue weighted by atomic mass is 10.0. The molecule has 1 aliphatic rings. The highest BCUT2D eigenvalue weighted by atomic mass is 35.5. The molecule has 146 valence electrons. The molecule has 1 aliphatic heterocycles. The molecule has 1 saturated heterocycles. The Morgan fingerprint density at radius 1 is 1.48 bits per heavy atom. The molecule has 2 aromatic rings. The van der Waals surface area contributed by atoms with Crippen LogP contribution in [0.4, 0.5) is 5.69 Å². The molecule has 2 atom stereocenters. The van der Waals surface area contributed by atoms with Gasteiger partial charge in [-0.1, -0.05) is 18.5 Å². The van der Waals surface area contributed by atoms with E-state index in [9.17, 15) is 9.59 Å². The van der Waals surface area contributed by atoms with Gasteiger partial charge in [0, 0.05) is 37.6 Å². The summed E-state index contributed by atoms with van der Waals surface area (Å²) in [4.78, 5) is 35.9. The third kappa shape index (κ3) is 4.51. The van der Waals surface area contributed by atoms with Crippen molar-refractivity contribution in [2.45, 2.75) is 38.8 Å². The van der Waals surface area contributed by atoms with Crippen LogP contribution < -0.4 is 15.8 Å². The van der Waals surface area contributed by atoms with Gasteiger partial charge in [0.25, 0.3) is 5.91 Å². The molecule has 3 heterocycles. The number of aromatic amines is 2. The van der Waals surface area contributed by atoms with Crippen molar-refractivity contribution in [2.75, 3.05) is 24.6 Å². The quantitative estimate of drug-likeness (QED) is 0.693. The van der Waals surface area contributed by atoms with E-state index < -0.39 is 0 Å². The fourth-order valence-electron chi connectivity index (χ4n) is 3.30. The maximum absolute atomic E-state index is 12.6. The van der Waals surface area contributed by atoms with Gasteiger partial charge in [-0.25, -0.2) is 4.98 Å². The Kier molecular flexibility index (Phi) is 6.18. The number of halogens is 1. The van der Waals surface area contributed by atoms with Crippen LogP contribution in [0, 0.1) is 0 Å². The number of carbonyl (C=O) groups is 1. The van der Waals surface area contributed by atoms with Gasteiger partial charge in [-0.05, 0) is 25.8 Å².